The maximum absolute atomic E-state index is 10.9. The summed E-state index contributed by atoms with van der Waals surface area (Å²) in [6, 6.07) is 5.37. The summed E-state index contributed by atoms with van der Waals surface area (Å²) >= 11 is 0. The highest BCUT2D eigenvalue weighted by molar-refractivity contribution is 5.88. The van der Waals surface area contributed by atoms with Crippen molar-refractivity contribution in [3.05, 3.63) is 30.3 Å². The Labute approximate surface area is 242 Å². The summed E-state index contributed by atoms with van der Waals surface area (Å²) in [5.74, 6) is -3.72. The molecule has 10 atom stereocenters. The molecule has 2 fully saturated rings. The normalized spacial score (nSPS) is 33.0. The van der Waals surface area contributed by atoms with Crippen LogP contribution in [0.2, 0.25) is 0 Å². The molecule has 0 spiro atoms. The zero-order valence-corrected chi connectivity index (χ0v) is 22.3. The molecule has 0 aliphatic carbocycles. The van der Waals surface area contributed by atoms with Gasteiger partial charge in [0, 0.05) is 24.3 Å². The van der Waals surface area contributed by atoms with E-state index in [4.69, 9.17) is 23.4 Å². The van der Waals surface area contributed by atoms with E-state index in [0.29, 0.717) is 0 Å². The van der Waals surface area contributed by atoms with Crippen LogP contribution in [0.4, 0.5) is 0 Å². The van der Waals surface area contributed by atoms with E-state index in [-0.39, 0.29) is 33.8 Å². The van der Waals surface area contributed by atoms with Gasteiger partial charge in [0.15, 0.2) is 29.6 Å². The molecular formula is C27H31O16+. The van der Waals surface area contributed by atoms with Crippen LogP contribution < -0.4 is 4.74 Å². The maximum atomic E-state index is 10.9. The van der Waals surface area contributed by atoms with Crippen LogP contribution >= 0.6 is 0 Å². The molecule has 2 saturated heterocycles. The van der Waals surface area contributed by atoms with Crippen molar-refractivity contribution in [3.63, 3.8) is 0 Å². The molecule has 16 heteroatoms. The topological polar surface area (TPSA) is 271 Å². The Morgan fingerprint density at radius 2 is 1.42 bits per heavy atom. The Morgan fingerprint density at radius 1 is 0.744 bits per heavy atom. The highest BCUT2D eigenvalue weighted by atomic mass is 16.8. The monoisotopic (exact) mass is 611 g/mol. The lowest BCUT2D eigenvalue weighted by Gasteiger charge is -2.45. The molecule has 2 aliphatic heterocycles. The molecule has 16 nitrogen and oxygen atoms in total. The Hall–Kier alpha value is -3.71. The first kappa shape index (κ1) is 30.7. The predicted octanol–water partition coefficient (Wildman–Crippen LogP) is -1.06. The zero-order chi connectivity index (χ0) is 31.3. The van der Waals surface area contributed by atoms with Crippen molar-refractivity contribution in [1.29, 1.82) is 0 Å². The van der Waals surface area contributed by atoms with E-state index in [0.717, 1.165) is 24.3 Å². The van der Waals surface area contributed by atoms with E-state index in [9.17, 15) is 56.2 Å². The molecule has 0 amide bonds. The SMILES string of the molecule is C[C@@H]1O[C@@H](O[C@H]2[C@H](Oc3cc4c(O)cc(O)cc4[o+]c3-c3cc(O)c(O)c(O)c3)O[C@H](CO)[C@@H](O)[C@@H]2O)[C@H](O)[C@H](O)[C@H]1O. The van der Waals surface area contributed by atoms with Crippen molar-refractivity contribution in [2.75, 3.05) is 6.61 Å². The molecular weight excluding hydrogens is 580 g/mol. The summed E-state index contributed by atoms with van der Waals surface area (Å²) in [4.78, 5) is 0. The molecule has 3 aromatic rings. The second-order valence-corrected chi connectivity index (χ2v) is 10.3. The van der Waals surface area contributed by atoms with Crippen LogP contribution in [0, 0.1) is 0 Å². The molecule has 43 heavy (non-hydrogen) atoms. The smallest absolute Gasteiger partial charge is 0.402 e. The van der Waals surface area contributed by atoms with Crippen LogP contribution in [-0.2, 0) is 14.2 Å². The number of rotatable bonds is 6. The average molecular weight is 612 g/mol. The van der Waals surface area contributed by atoms with Gasteiger partial charge < -0.3 is 75.1 Å². The standard InChI is InChI=1S/C27H30O16/c1-8-18(33)21(36)23(38)26(39-8)43-25-22(37)20(35)17(7-28)42-27(25)41-16-6-11-12(30)4-10(29)5-15(11)40-24(16)9-2-13(31)19(34)14(32)3-9/h2-6,8,17-18,20-23,25-28,33,35-38H,7H2,1H3,(H4-,29,30,31,32,34)/p+1/t8-,17+,18-,20+,21+,22-,23+,25+,26-,27+/m0/s1. The minimum absolute atomic E-state index is 0.00619. The van der Waals surface area contributed by atoms with Gasteiger partial charge in [0.2, 0.25) is 12.0 Å². The van der Waals surface area contributed by atoms with E-state index >= 15 is 0 Å². The average Bonchev–Trinajstić information content (AvgIpc) is 2.96. The number of fused-ring (bicyclic) bond motifs is 1. The van der Waals surface area contributed by atoms with Gasteiger partial charge in [-0.3, -0.25) is 0 Å². The number of ether oxygens (including phenoxy) is 4. The molecule has 1 aromatic heterocycles. The van der Waals surface area contributed by atoms with Crippen LogP contribution in [0.5, 0.6) is 34.5 Å². The lowest BCUT2D eigenvalue weighted by Crippen LogP contribution is -2.64. The summed E-state index contributed by atoms with van der Waals surface area (Å²) in [6.07, 6.45) is -16.1. The van der Waals surface area contributed by atoms with E-state index in [1.807, 2.05) is 0 Å². The Morgan fingerprint density at radius 3 is 2.07 bits per heavy atom. The lowest BCUT2D eigenvalue weighted by molar-refractivity contribution is -0.354. The molecule has 2 aliphatic rings. The number of benzene rings is 2. The fourth-order valence-electron chi connectivity index (χ4n) is 4.91. The number of aromatic hydroxyl groups is 5. The number of phenolic OH excluding ortho intramolecular Hbond substituents is 5. The largest absolute Gasteiger partial charge is 0.507 e. The second-order valence-electron chi connectivity index (χ2n) is 10.3. The van der Waals surface area contributed by atoms with Crippen LogP contribution in [0.1, 0.15) is 6.92 Å². The quantitative estimate of drug-likeness (QED) is 0.117. The van der Waals surface area contributed by atoms with Crippen LogP contribution in [0.25, 0.3) is 22.3 Å². The third kappa shape index (κ3) is 5.67. The highest BCUT2D eigenvalue weighted by Gasteiger charge is 2.51. The van der Waals surface area contributed by atoms with Crippen molar-refractivity contribution < 1.29 is 79.5 Å². The van der Waals surface area contributed by atoms with E-state index < -0.39 is 91.0 Å². The number of hydrogen-bond acceptors (Lipinski definition) is 15. The highest BCUT2D eigenvalue weighted by Crippen LogP contribution is 2.45. The summed E-state index contributed by atoms with van der Waals surface area (Å²) in [5.41, 5.74) is -0.176. The van der Waals surface area contributed by atoms with Crippen molar-refractivity contribution in [2.24, 2.45) is 0 Å². The third-order valence-electron chi connectivity index (χ3n) is 7.32. The molecule has 0 saturated carbocycles. The van der Waals surface area contributed by atoms with Gasteiger partial charge in [-0.2, -0.15) is 0 Å². The summed E-state index contributed by atoms with van der Waals surface area (Å²) in [7, 11) is 0. The van der Waals surface area contributed by atoms with E-state index in [2.05, 4.69) is 0 Å². The summed E-state index contributed by atoms with van der Waals surface area (Å²) < 4.78 is 28.7. The van der Waals surface area contributed by atoms with Crippen molar-refractivity contribution in [2.45, 2.75) is 68.3 Å². The van der Waals surface area contributed by atoms with Gasteiger partial charge in [0.05, 0.1) is 24.3 Å². The first-order valence-corrected chi connectivity index (χ1v) is 13.0. The molecule has 5 rings (SSSR count). The van der Waals surface area contributed by atoms with Crippen molar-refractivity contribution in [1.82, 2.24) is 0 Å². The van der Waals surface area contributed by atoms with Crippen LogP contribution in [0.15, 0.2) is 34.7 Å². The van der Waals surface area contributed by atoms with Crippen molar-refractivity contribution in [3.8, 4) is 45.8 Å². The summed E-state index contributed by atoms with van der Waals surface area (Å²) in [5, 5.41) is 112. The molecule has 234 valence electrons. The fraction of sp³-hybridized carbons (Fsp3) is 0.444. The molecule has 0 unspecified atom stereocenters. The first-order chi connectivity index (χ1) is 20.3. The van der Waals surface area contributed by atoms with Gasteiger partial charge in [0.25, 0.3) is 0 Å². The predicted molar refractivity (Wildman–Crippen MR) is 140 cm³/mol. The maximum Gasteiger partial charge on any atom is 0.402 e. The Balaban J connectivity index is 1.59. The third-order valence-corrected chi connectivity index (χ3v) is 7.32. The zero-order valence-electron chi connectivity index (χ0n) is 22.3. The van der Waals surface area contributed by atoms with Gasteiger partial charge in [-0.25, -0.2) is 4.42 Å². The summed E-state index contributed by atoms with van der Waals surface area (Å²) in [6.45, 7) is 0.605. The van der Waals surface area contributed by atoms with Crippen LogP contribution in [-0.4, -0.2) is 124 Å². The van der Waals surface area contributed by atoms with E-state index in [1.54, 1.807) is 0 Å². The minimum Gasteiger partial charge on any atom is -0.507 e. The fourth-order valence-corrected chi connectivity index (χ4v) is 4.91. The Kier molecular flexibility index (Phi) is 8.41. The van der Waals surface area contributed by atoms with Gasteiger partial charge in [-0.15, -0.1) is 0 Å². The first-order valence-electron chi connectivity index (χ1n) is 13.0. The molecule has 0 radical (unpaired) electrons. The molecule has 2 aromatic carbocycles. The molecule has 3 heterocycles. The Bertz CT molecular complexity index is 1460. The van der Waals surface area contributed by atoms with Gasteiger partial charge in [-0.1, -0.05) is 0 Å². The van der Waals surface area contributed by atoms with Gasteiger partial charge in [0.1, 0.15) is 53.5 Å². The minimum atomic E-state index is -1.85. The number of phenols is 5. The molecule has 0 bridgehead atoms. The lowest BCUT2D eigenvalue weighted by atomic mass is 9.97. The van der Waals surface area contributed by atoms with Gasteiger partial charge in [-0.05, 0) is 6.92 Å². The van der Waals surface area contributed by atoms with Gasteiger partial charge >= 0.3 is 11.3 Å². The molecule has 11 N–H and O–H groups in total. The van der Waals surface area contributed by atoms with Crippen molar-refractivity contribution >= 4 is 11.0 Å². The van der Waals surface area contributed by atoms with E-state index in [1.165, 1.54) is 13.0 Å². The second kappa shape index (κ2) is 11.8. The number of hydrogen-bond donors (Lipinski definition) is 11. The van der Waals surface area contributed by atoms with Crippen LogP contribution in [0.3, 0.4) is 0 Å². The number of aliphatic hydroxyl groups excluding tert-OH is 6. The number of aliphatic hydroxyl groups is 6.